The summed E-state index contributed by atoms with van der Waals surface area (Å²) in [6, 6.07) is 39.4. The summed E-state index contributed by atoms with van der Waals surface area (Å²) in [4.78, 5) is 0. The van der Waals surface area contributed by atoms with E-state index >= 15 is 0 Å². The van der Waals surface area contributed by atoms with Crippen LogP contribution in [0, 0.1) is 22.7 Å². The van der Waals surface area contributed by atoms with Crippen LogP contribution in [0.1, 0.15) is 11.1 Å². The van der Waals surface area contributed by atoms with E-state index in [0.29, 0.717) is 11.1 Å². The monoisotopic (exact) mass is 419 g/mol. The van der Waals surface area contributed by atoms with Crippen LogP contribution in [0.5, 0.6) is 0 Å². The van der Waals surface area contributed by atoms with Gasteiger partial charge in [0.05, 0.1) is 22.2 Å². The molecule has 0 atom stereocenters. The third-order valence-corrected chi connectivity index (χ3v) is 6.26. The van der Waals surface area contributed by atoms with Crippen LogP contribution in [0.15, 0.2) is 103 Å². The highest BCUT2D eigenvalue weighted by molar-refractivity contribution is 6.21. The van der Waals surface area contributed by atoms with Gasteiger partial charge in [-0.2, -0.15) is 10.5 Å². The van der Waals surface area contributed by atoms with Crippen LogP contribution >= 0.6 is 0 Å². The van der Waals surface area contributed by atoms with Crippen molar-refractivity contribution in [2.75, 3.05) is 0 Å². The summed E-state index contributed by atoms with van der Waals surface area (Å²) < 4.78 is 2.19. The lowest BCUT2D eigenvalue weighted by atomic mass is 10.0. The number of nitrogens with zero attached hydrogens (tertiary/aromatic N) is 3. The molecule has 1 heterocycles. The molecule has 0 aliphatic rings. The Kier molecular flexibility index (Phi) is 4.22. The molecule has 0 unspecified atom stereocenters. The van der Waals surface area contributed by atoms with Crippen molar-refractivity contribution in [2.45, 2.75) is 0 Å². The second-order valence-electron chi connectivity index (χ2n) is 8.07. The molecule has 0 N–H and O–H groups in total. The molecule has 1 aromatic heterocycles. The lowest BCUT2D eigenvalue weighted by molar-refractivity contribution is 1.17. The molecule has 6 aromatic rings. The fraction of sp³-hybridized carbons (Fsp3) is 0. The molecule has 0 aliphatic heterocycles. The van der Waals surface area contributed by atoms with Gasteiger partial charge in [-0.05, 0) is 58.3 Å². The first-order valence-electron chi connectivity index (χ1n) is 10.7. The molecular weight excluding hydrogens is 402 g/mol. The van der Waals surface area contributed by atoms with Crippen molar-refractivity contribution in [3.05, 3.63) is 114 Å². The summed E-state index contributed by atoms with van der Waals surface area (Å²) in [5.74, 6) is 0. The number of nitriles is 2. The minimum atomic E-state index is 0.381. The maximum Gasteiger partial charge on any atom is 0.101 e. The zero-order valence-corrected chi connectivity index (χ0v) is 17.7. The molecule has 5 aromatic carbocycles. The van der Waals surface area contributed by atoms with Gasteiger partial charge in [0.15, 0.2) is 0 Å². The van der Waals surface area contributed by atoms with Crippen molar-refractivity contribution >= 4 is 32.6 Å². The first-order chi connectivity index (χ1) is 16.3. The van der Waals surface area contributed by atoms with Crippen LogP contribution in [0.3, 0.4) is 0 Å². The molecule has 0 amide bonds. The number of aromatic nitrogens is 1. The van der Waals surface area contributed by atoms with E-state index in [1.54, 1.807) is 12.1 Å². The molecule has 0 radical (unpaired) electrons. The Balaban J connectivity index is 1.75. The molecule has 6 rings (SSSR count). The fourth-order valence-electron chi connectivity index (χ4n) is 4.74. The Bertz CT molecular complexity index is 1780. The van der Waals surface area contributed by atoms with Crippen molar-refractivity contribution in [2.24, 2.45) is 0 Å². The Morgan fingerprint density at radius 2 is 1.30 bits per heavy atom. The summed E-state index contributed by atoms with van der Waals surface area (Å²) >= 11 is 0. The van der Waals surface area contributed by atoms with Gasteiger partial charge in [-0.15, -0.1) is 0 Å². The third-order valence-electron chi connectivity index (χ3n) is 6.26. The molecule has 0 saturated carbocycles. The summed E-state index contributed by atoms with van der Waals surface area (Å²) in [6.45, 7) is 0. The van der Waals surface area contributed by atoms with Crippen LogP contribution in [0.4, 0.5) is 0 Å². The van der Waals surface area contributed by atoms with Crippen molar-refractivity contribution in [1.82, 2.24) is 4.57 Å². The van der Waals surface area contributed by atoms with Gasteiger partial charge >= 0.3 is 0 Å². The Hall–Kier alpha value is -4.86. The normalized spacial score (nSPS) is 11.0. The van der Waals surface area contributed by atoms with E-state index in [-0.39, 0.29) is 0 Å². The van der Waals surface area contributed by atoms with Crippen molar-refractivity contribution in [3.8, 4) is 29.0 Å². The number of hydrogen-bond donors (Lipinski definition) is 0. The van der Waals surface area contributed by atoms with E-state index in [2.05, 4.69) is 95.6 Å². The van der Waals surface area contributed by atoms with Gasteiger partial charge in [0.1, 0.15) is 12.1 Å². The first-order valence-corrected chi connectivity index (χ1v) is 10.7. The largest absolute Gasteiger partial charge is 0.309 e. The van der Waals surface area contributed by atoms with Crippen LogP contribution in [0.2, 0.25) is 0 Å². The van der Waals surface area contributed by atoms with Crippen LogP contribution < -0.4 is 0 Å². The van der Waals surface area contributed by atoms with E-state index in [4.69, 9.17) is 0 Å². The lowest BCUT2D eigenvalue weighted by Gasteiger charge is -2.09. The number of hydrogen-bond acceptors (Lipinski definition) is 2. The van der Waals surface area contributed by atoms with Crippen LogP contribution in [-0.4, -0.2) is 4.57 Å². The van der Waals surface area contributed by atoms with Crippen molar-refractivity contribution in [3.63, 3.8) is 0 Å². The average molecular weight is 419 g/mol. The highest BCUT2D eigenvalue weighted by atomic mass is 15.0. The smallest absolute Gasteiger partial charge is 0.101 e. The van der Waals surface area contributed by atoms with Gasteiger partial charge in [-0.1, -0.05) is 66.7 Å². The zero-order valence-electron chi connectivity index (χ0n) is 17.7. The summed E-state index contributed by atoms with van der Waals surface area (Å²) in [6.07, 6.45) is 0. The van der Waals surface area contributed by atoms with Gasteiger partial charge < -0.3 is 4.57 Å². The first kappa shape index (κ1) is 18.9. The predicted octanol–water partition coefficient (Wildman–Crippen LogP) is 7.35. The SMILES string of the molecule is N#Cc1ccc(-n2c3ccc(-c4ccccc4)cc3c3c4ccccc4ccc32)cc1C#N. The van der Waals surface area contributed by atoms with Crippen molar-refractivity contribution in [1.29, 1.82) is 10.5 Å². The van der Waals surface area contributed by atoms with Crippen LogP contribution in [0.25, 0.3) is 49.4 Å². The minimum absolute atomic E-state index is 0.381. The van der Waals surface area contributed by atoms with Gasteiger partial charge in [0, 0.05) is 16.5 Å². The van der Waals surface area contributed by atoms with E-state index in [1.165, 1.54) is 21.7 Å². The standard InChI is InChI=1S/C30H17N3/c31-18-23-10-13-25(16-24(23)19-32)33-28-14-12-22(20-6-2-1-3-7-20)17-27(28)30-26-9-5-4-8-21(26)11-15-29(30)33/h1-17H. The fourth-order valence-corrected chi connectivity index (χ4v) is 4.74. The lowest BCUT2D eigenvalue weighted by Crippen LogP contribution is -1.96. The molecule has 0 spiro atoms. The van der Waals surface area contributed by atoms with Crippen molar-refractivity contribution < 1.29 is 0 Å². The molecular formula is C30H17N3. The third kappa shape index (κ3) is 2.88. The predicted molar refractivity (Wildman–Crippen MR) is 133 cm³/mol. The van der Waals surface area contributed by atoms with E-state index in [9.17, 15) is 10.5 Å². The maximum absolute atomic E-state index is 9.59. The van der Waals surface area contributed by atoms with Gasteiger partial charge in [-0.3, -0.25) is 0 Å². The van der Waals surface area contributed by atoms with Gasteiger partial charge in [-0.25, -0.2) is 0 Å². The molecule has 0 bridgehead atoms. The van der Waals surface area contributed by atoms with E-state index < -0.39 is 0 Å². The van der Waals surface area contributed by atoms with Gasteiger partial charge in [0.2, 0.25) is 0 Å². The summed E-state index contributed by atoms with van der Waals surface area (Å²) in [5, 5.41) is 23.7. The Labute approximate surface area is 191 Å². The Morgan fingerprint density at radius 3 is 2.12 bits per heavy atom. The molecule has 33 heavy (non-hydrogen) atoms. The number of fused-ring (bicyclic) bond motifs is 5. The quantitative estimate of drug-likeness (QED) is 0.295. The highest BCUT2D eigenvalue weighted by Crippen LogP contribution is 2.38. The van der Waals surface area contributed by atoms with Gasteiger partial charge in [0.25, 0.3) is 0 Å². The van der Waals surface area contributed by atoms with Crippen LogP contribution in [-0.2, 0) is 0 Å². The second-order valence-corrected chi connectivity index (χ2v) is 8.07. The van der Waals surface area contributed by atoms with E-state index in [0.717, 1.165) is 27.7 Å². The average Bonchev–Trinajstić information content (AvgIpc) is 3.23. The Morgan fingerprint density at radius 1 is 0.545 bits per heavy atom. The topological polar surface area (TPSA) is 52.5 Å². The summed E-state index contributed by atoms with van der Waals surface area (Å²) in [7, 11) is 0. The molecule has 3 nitrogen and oxygen atoms in total. The number of benzene rings is 5. The highest BCUT2D eigenvalue weighted by Gasteiger charge is 2.16. The molecule has 3 heteroatoms. The summed E-state index contributed by atoms with van der Waals surface area (Å²) in [5.41, 5.74) is 6.11. The molecule has 152 valence electrons. The maximum atomic E-state index is 9.59. The minimum Gasteiger partial charge on any atom is -0.309 e. The molecule has 0 aliphatic carbocycles. The zero-order chi connectivity index (χ0) is 22.4. The second kappa shape index (κ2) is 7.38. The molecule has 0 saturated heterocycles. The van der Waals surface area contributed by atoms with E-state index in [1.807, 2.05) is 12.1 Å². The molecule has 0 fully saturated rings. The number of rotatable bonds is 2.